The molecule has 0 aromatic heterocycles. The lowest BCUT2D eigenvalue weighted by Crippen LogP contribution is -2.25. The Balaban J connectivity index is 1.89. The van der Waals surface area contributed by atoms with Crippen LogP contribution < -0.4 is 5.32 Å². The van der Waals surface area contributed by atoms with E-state index in [4.69, 9.17) is 0 Å². The van der Waals surface area contributed by atoms with Crippen LogP contribution in [0.4, 0.5) is 13.2 Å². The van der Waals surface area contributed by atoms with Crippen molar-refractivity contribution in [2.45, 2.75) is 19.0 Å². The minimum absolute atomic E-state index is 0.177. The summed E-state index contributed by atoms with van der Waals surface area (Å²) >= 11 is 0. The van der Waals surface area contributed by atoms with Gasteiger partial charge in [-0.3, -0.25) is 4.79 Å². The van der Waals surface area contributed by atoms with E-state index in [2.05, 4.69) is 5.32 Å². The van der Waals surface area contributed by atoms with E-state index in [-0.39, 0.29) is 12.3 Å². The quantitative estimate of drug-likeness (QED) is 0.822. The summed E-state index contributed by atoms with van der Waals surface area (Å²) in [6.45, 7) is 0.994. The van der Waals surface area contributed by atoms with Crippen LogP contribution in [0.15, 0.2) is 24.3 Å². The first-order valence-electron chi connectivity index (χ1n) is 5.88. The third kappa shape index (κ3) is 3.57. The fraction of sp³-hybridized carbons (Fsp3) is 0.462. The van der Waals surface area contributed by atoms with E-state index in [1.807, 2.05) is 0 Å². The Hall–Kier alpha value is -1.36. The number of halogens is 3. The lowest BCUT2D eigenvalue weighted by Gasteiger charge is -2.07. The molecule has 5 heteroatoms. The number of nitrogens with one attached hydrogen (secondary N) is 1. The number of hydrogen-bond acceptors (Lipinski definition) is 2. The molecule has 0 heterocycles. The van der Waals surface area contributed by atoms with Crippen LogP contribution in [-0.2, 0) is 6.18 Å². The molecule has 0 radical (unpaired) electrons. The summed E-state index contributed by atoms with van der Waals surface area (Å²) < 4.78 is 37.0. The van der Waals surface area contributed by atoms with E-state index in [0.717, 1.165) is 18.7 Å². The number of ketones is 1. The van der Waals surface area contributed by atoms with Crippen LogP contribution in [0.2, 0.25) is 0 Å². The molecule has 2 rings (SSSR count). The summed E-state index contributed by atoms with van der Waals surface area (Å²) in [5.41, 5.74) is -0.420. The maximum absolute atomic E-state index is 12.3. The summed E-state index contributed by atoms with van der Waals surface area (Å²) in [5.74, 6) is 0.495. The Morgan fingerprint density at radius 1 is 1.22 bits per heavy atom. The molecule has 1 N–H and O–H groups in total. The summed E-state index contributed by atoms with van der Waals surface area (Å²) in [5, 5.41) is 3.02. The maximum Gasteiger partial charge on any atom is 0.416 e. The predicted molar refractivity (Wildman–Crippen MR) is 61.4 cm³/mol. The highest BCUT2D eigenvalue weighted by Gasteiger charge is 2.30. The molecule has 98 valence electrons. The van der Waals surface area contributed by atoms with Gasteiger partial charge in [0, 0.05) is 5.56 Å². The van der Waals surface area contributed by atoms with Crippen molar-refractivity contribution in [3.05, 3.63) is 35.4 Å². The Morgan fingerprint density at radius 2 is 1.83 bits per heavy atom. The Labute approximate surface area is 103 Å². The van der Waals surface area contributed by atoms with Gasteiger partial charge in [-0.15, -0.1) is 0 Å². The molecule has 0 aliphatic heterocycles. The van der Waals surface area contributed by atoms with Gasteiger partial charge in [-0.2, -0.15) is 13.2 Å². The summed E-state index contributed by atoms with van der Waals surface area (Å²) in [7, 11) is 0. The molecule has 18 heavy (non-hydrogen) atoms. The average Bonchev–Trinajstić information content (AvgIpc) is 3.12. The Bertz CT molecular complexity index is 421. The zero-order valence-corrected chi connectivity index (χ0v) is 9.76. The van der Waals surface area contributed by atoms with Gasteiger partial charge in [0.2, 0.25) is 0 Å². The molecule has 1 aromatic rings. The molecule has 1 aliphatic rings. The molecule has 0 saturated heterocycles. The zero-order chi connectivity index (χ0) is 13.2. The number of Topliss-reactive ketones (excluding diaryl/α,β-unsaturated/α-hetero) is 1. The topological polar surface area (TPSA) is 29.1 Å². The van der Waals surface area contributed by atoms with Crippen molar-refractivity contribution in [1.82, 2.24) is 5.32 Å². The summed E-state index contributed by atoms with van der Waals surface area (Å²) in [6, 6.07) is 4.33. The first-order valence-corrected chi connectivity index (χ1v) is 5.88. The minimum atomic E-state index is -4.36. The molecule has 0 atom stereocenters. The summed E-state index contributed by atoms with van der Waals surface area (Å²) in [6.07, 6.45) is -1.96. The van der Waals surface area contributed by atoms with E-state index in [1.165, 1.54) is 25.0 Å². The second-order valence-corrected chi connectivity index (χ2v) is 4.57. The number of hydrogen-bond donors (Lipinski definition) is 1. The lowest BCUT2D eigenvalue weighted by atomic mass is 10.1. The van der Waals surface area contributed by atoms with E-state index >= 15 is 0 Å². The van der Waals surface area contributed by atoms with Gasteiger partial charge in [-0.05, 0) is 37.4 Å². The molecule has 0 unspecified atom stereocenters. The van der Waals surface area contributed by atoms with Crippen molar-refractivity contribution in [2.75, 3.05) is 13.1 Å². The molecule has 1 aliphatic carbocycles. The molecule has 2 nitrogen and oxygen atoms in total. The molecular formula is C13H14F3NO. The highest BCUT2D eigenvalue weighted by Crippen LogP contribution is 2.29. The van der Waals surface area contributed by atoms with Crippen LogP contribution in [0.25, 0.3) is 0 Å². The predicted octanol–water partition coefficient (Wildman–Crippen LogP) is 2.89. The van der Waals surface area contributed by atoms with Gasteiger partial charge in [-0.1, -0.05) is 12.1 Å². The van der Waals surface area contributed by atoms with E-state index in [9.17, 15) is 18.0 Å². The number of carbonyl (C=O) groups is 1. The Morgan fingerprint density at radius 3 is 2.33 bits per heavy atom. The van der Waals surface area contributed by atoms with E-state index < -0.39 is 11.7 Å². The van der Waals surface area contributed by atoms with Gasteiger partial charge < -0.3 is 5.32 Å². The third-order valence-corrected chi connectivity index (χ3v) is 2.95. The van der Waals surface area contributed by atoms with Gasteiger partial charge in [0.15, 0.2) is 5.78 Å². The van der Waals surface area contributed by atoms with Gasteiger partial charge >= 0.3 is 6.18 Å². The fourth-order valence-corrected chi connectivity index (χ4v) is 1.66. The molecule has 0 bridgehead atoms. The molecule has 1 fully saturated rings. The number of rotatable bonds is 5. The van der Waals surface area contributed by atoms with Crippen molar-refractivity contribution in [2.24, 2.45) is 5.92 Å². The van der Waals surface area contributed by atoms with Gasteiger partial charge in [0.1, 0.15) is 0 Å². The first-order chi connectivity index (χ1) is 8.47. The van der Waals surface area contributed by atoms with Crippen molar-refractivity contribution in [3.63, 3.8) is 0 Å². The molecule has 0 spiro atoms. The van der Waals surface area contributed by atoms with Gasteiger partial charge in [0.25, 0.3) is 0 Å². The lowest BCUT2D eigenvalue weighted by molar-refractivity contribution is -0.137. The molecule has 1 saturated carbocycles. The van der Waals surface area contributed by atoms with Crippen LogP contribution in [0.5, 0.6) is 0 Å². The average molecular weight is 257 g/mol. The zero-order valence-electron chi connectivity index (χ0n) is 9.76. The summed E-state index contributed by atoms with van der Waals surface area (Å²) in [4.78, 5) is 11.7. The molecule has 1 aromatic carbocycles. The number of carbonyl (C=O) groups excluding carboxylic acids is 1. The van der Waals surface area contributed by atoms with Gasteiger partial charge in [-0.25, -0.2) is 0 Å². The monoisotopic (exact) mass is 257 g/mol. The van der Waals surface area contributed by atoms with Crippen LogP contribution in [0.1, 0.15) is 28.8 Å². The number of alkyl halides is 3. The van der Waals surface area contributed by atoms with E-state index in [0.29, 0.717) is 11.5 Å². The second kappa shape index (κ2) is 5.10. The van der Waals surface area contributed by atoms with Crippen LogP contribution >= 0.6 is 0 Å². The SMILES string of the molecule is O=C(CNCC1CC1)c1ccc(C(F)(F)F)cc1. The highest BCUT2D eigenvalue weighted by molar-refractivity contribution is 5.97. The molecule has 0 amide bonds. The second-order valence-electron chi connectivity index (χ2n) is 4.57. The smallest absolute Gasteiger partial charge is 0.309 e. The standard InChI is InChI=1S/C13H14F3NO/c14-13(15,16)11-5-3-10(4-6-11)12(18)8-17-7-9-1-2-9/h3-6,9,17H,1-2,7-8H2. The largest absolute Gasteiger partial charge is 0.416 e. The normalized spacial score (nSPS) is 15.7. The first kappa shape index (κ1) is 13.1. The van der Waals surface area contributed by atoms with Crippen LogP contribution in [0, 0.1) is 5.92 Å². The molecular weight excluding hydrogens is 243 g/mol. The number of benzene rings is 1. The maximum atomic E-state index is 12.3. The van der Waals surface area contributed by atoms with Crippen LogP contribution in [0.3, 0.4) is 0 Å². The van der Waals surface area contributed by atoms with Crippen LogP contribution in [-0.4, -0.2) is 18.9 Å². The highest BCUT2D eigenvalue weighted by atomic mass is 19.4. The Kier molecular flexibility index (Phi) is 3.71. The van der Waals surface area contributed by atoms with E-state index in [1.54, 1.807) is 0 Å². The van der Waals surface area contributed by atoms with Crippen molar-refractivity contribution in [1.29, 1.82) is 0 Å². The van der Waals surface area contributed by atoms with Gasteiger partial charge in [0.05, 0.1) is 12.1 Å². The van der Waals surface area contributed by atoms with Crippen molar-refractivity contribution >= 4 is 5.78 Å². The minimum Gasteiger partial charge on any atom is -0.309 e. The third-order valence-electron chi connectivity index (χ3n) is 2.95. The van der Waals surface area contributed by atoms with Crippen molar-refractivity contribution < 1.29 is 18.0 Å². The fourth-order valence-electron chi connectivity index (χ4n) is 1.66. The van der Waals surface area contributed by atoms with Crippen molar-refractivity contribution in [3.8, 4) is 0 Å².